The van der Waals surface area contributed by atoms with E-state index in [1.165, 1.54) is 5.56 Å². The van der Waals surface area contributed by atoms with Crippen molar-refractivity contribution in [3.63, 3.8) is 0 Å². The number of benzene rings is 1. The summed E-state index contributed by atoms with van der Waals surface area (Å²) in [6.45, 7) is 6.21. The number of rotatable bonds is 2. The van der Waals surface area contributed by atoms with E-state index in [1.54, 1.807) is 0 Å². The molecule has 1 aliphatic heterocycles. The molecule has 4 nitrogen and oxygen atoms in total. The van der Waals surface area contributed by atoms with E-state index in [9.17, 15) is 0 Å². The van der Waals surface area contributed by atoms with Gasteiger partial charge < -0.3 is 14.6 Å². The van der Waals surface area contributed by atoms with Crippen LogP contribution in [-0.4, -0.2) is 31.2 Å². The SMILES string of the molecule is CCc1cccc2nc(N3CCCNCC3)oc12. The second-order valence-corrected chi connectivity index (χ2v) is 4.71. The number of fused-ring (bicyclic) bond motifs is 1. The van der Waals surface area contributed by atoms with E-state index in [0.717, 1.165) is 56.1 Å². The van der Waals surface area contributed by atoms with Crippen molar-refractivity contribution in [2.24, 2.45) is 0 Å². The van der Waals surface area contributed by atoms with Crippen molar-refractivity contribution in [3.8, 4) is 0 Å². The minimum atomic E-state index is 0.773. The van der Waals surface area contributed by atoms with Gasteiger partial charge in [0.1, 0.15) is 5.52 Å². The van der Waals surface area contributed by atoms with E-state index >= 15 is 0 Å². The second-order valence-electron chi connectivity index (χ2n) is 4.71. The van der Waals surface area contributed by atoms with Gasteiger partial charge in [-0.2, -0.15) is 4.98 Å². The van der Waals surface area contributed by atoms with Gasteiger partial charge >= 0.3 is 0 Å². The molecule has 1 saturated heterocycles. The molecule has 0 radical (unpaired) electrons. The molecule has 2 heterocycles. The predicted octanol–water partition coefficient (Wildman–Crippen LogP) is 2.19. The Balaban J connectivity index is 1.96. The van der Waals surface area contributed by atoms with Gasteiger partial charge in [0.25, 0.3) is 6.01 Å². The van der Waals surface area contributed by atoms with Crippen LogP contribution in [-0.2, 0) is 6.42 Å². The molecule has 4 heteroatoms. The maximum absolute atomic E-state index is 5.97. The molecule has 0 saturated carbocycles. The van der Waals surface area contributed by atoms with Gasteiger partial charge in [0.15, 0.2) is 5.58 Å². The van der Waals surface area contributed by atoms with Crippen LogP contribution in [0.4, 0.5) is 6.01 Å². The molecule has 1 aromatic carbocycles. The average Bonchev–Trinajstić information content (AvgIpc) is 2.65. The summed E-state index contributed by atoms with van der Waals surface area (Å²) >= 11 is 0. The highest BCUT2D eigenvalue weighted by atomic mass is 16.4. The molecule has 1 fully saturated rings. The van der Waals surface area contributed by atoms with Gasteiger partial charge in [-0.25, -0.2) is 0 Å². The Hall–Kier alpha value is -1.55. The van der Waals surface area contributed by atoms with Crippen LogP contribution in [0.3, 0.4) is 0 Å². The Kier molecular flexibility index (Phi) is 3.19. The summed E-state index contributed by atoms with van der Waals surface area (Å²) in [7, 11) is 0. The lowest BCUT2D eigenvalue weighted by Crippen LogP contribution is -2.27. The fourth-order valence-electron chi connectivity index (χ4n) is 2.45. The highest BCUT2D eigenvalue weighted by molar-refractivity contribution is 5.78. The lowest BCUT2D eigenvalue weighted by atomic mass is 10.1. The van der Waals surface area contributed by atoms with Gasteiger partial charge in [-0.05, 0) is 31.0 Å². The van der Waals surface area contributed by atoms with Gasteiger partial charge in [0.2, 0.25) is 0 Å². The largest absolute Gasteiger partial charge is 0.423 e. The zero-order chi connectivity index (χ0) is 12.4. The molecular formula is C14H19N3O. The van der Waals surface area contributed by atoms with Gasteiger partial charge in [-0.1, -0.05) is 19.1 Å². The Labute approximate surface area is 107 Å². The molecule has 2 aromatic rings. The standard InChI is InChI=1S/C14H19N3O/c1-2-11-5-3-6-12-13(11)18-14(16-12)17-9-4-7-15-8-10-17/h3,5-6,15H,2,4,7-10H2,1H3. The number of anilines is 1. The van der Waals surface area contributed by atoms with Gasteiger partial charge in [0.05, 0.1) is 0 Å². The fraction of sp³-hybridized carbons (Fsp3) is 0.500. The van der Waals surface area contributed by atoms with Crippen LogP contribution in [0.5, 0.6) is 0 Å². The number of nitrogens with zero attached hydrogens (tertiary/aromatic N) is 2. The van der Waals surface area contributed by atoms with Crippen molar-refractivity contribution >= 4 is 17.1 Å². The number of hydrogen-bond acceptors (Lipinski definition) is 4. The van der Waals surface area contributed by atoms with E-state index in [2.05, 4.69) is 34.3 Å². The first-order chi connectivity index (χ1) is 8.88. The van der Waals surface area contributed by atoms with E-state index in [0.29, 0.717) is 0 Å². The average molecular weight is 245 g/mol. The maximum Gasteiger partial charge on any atom is 0.298 e. The third-order valence-corrected chi connectivity index (χ3v) is 3.48. The minimum Gasteiger partial charge on any atom is -0.423 e. The smallest absolute Gasteiger partial charge is 0.298 e. The summed E-state index contributed by atoms with van der Waals surface area (Å²) in [5.74, 6) is 0. The van der Waals surface area contributed by atoms with Gasteiger partial charge in [0, 0.05) is 19.6 Å². The first kappa shape index (κ1) is 11.5. The third-order valence-electron chi connectivity index (χ3n) is 3.48. The Morgan fingerprint density at radius 3 is 3.17 bits per heavy atom. The number of hydrogen-bond donors (Lipinski definition) is 1. The van der Waals surface area contributed by atoms with Crippen molar-refractivity contribution < 1.29 is 4.42 Å². The van der Waals surface area contributed by atoms with Crippen LogP contribution in [0.2, 0.25) is 0 Å². The molecule has 0 bridgehead atoms. The number of oxazole rings is 1. The lowest BCUT2D eigenvalue weighted by Gasteiger charge is -2.16. The first-order valence-electron chi connectivity index (χ1n) is 6.72. The first-order valence-corrected chi connectivity index (χ1v) is 6.72. The summed E-state index contributed by atoms with van der Waals surface area (Å²) in [5.41, 5.74) is 3.16. The number of aryl methyl sites for hydroxylation is 1. The molecule has 18 heavy (non-hydrogen) atoms. The number of aromatic nitrogens is 1. The zero-order valence-corrected chi connectivity index (χ0v) is 10.8. The summed E-state index contributed by atoms with van der Waals surface area (Å²) in [6, 6.07) is 6.96. The van der Waals surface area contributed by atoms with Crippen molar-refractivity contribution in [1.29, 1.82) is 0 Å². The van der Waals surface area contributed by atoms with E-state index in [4.69, 9.17) is 4.42 Å². The van der Waals surface area contributed by atoms with Crippen LogP contribution in [0.15, 0.2) is 22.6 Å². The summed E-state index contributed by atoms with van der Waals surface area (Å²) in [5, 5.41) is 3.39. The number of nitrogens with one attached hydrogen (secondary N) is 1. The Morgan fingerprint density at radius 1 is 1.33 bits per heavy atom. The molecule has 0 spiro atoms. The van der Waals surface area contributed by atoms with Crippen molar-refractivity contribution in [3.05, 3.63) is 23.8 Å². The Morgan fingerprint density at radius 2 is 2.28 bits per heavy atom. The highest BCUT2D eigenvalue weighted by Crippen LogP contribution is 2.25. The summed E-state index contributed by atoms with van der Waals surface area (Å²) in [6.07, 6.45) is 2.12. The Bertz CT molecular complexity index is 527. The lowest BCUT2D eigenvalue weighted by molar-refractivity contribution is 0.568. The molecule has 0 unspecified atom stereocenters. The summed E-state index contributed by atoms with van der Waals surface area (Å²) in [4.78, 5) is 6.85. The topological polar surface area (TPSA) is 41.3 Å². The predicted molar refractivity (Wildman–Crippen MR) is 73.1 cm³/mol. The number of para-hydroxylation sites is 1. The second kappa shape index (κ2) is 4.98. The van der Waals surface area contributed by atoms with E-state index < -0.39 is 0 Å². The molecule has 0 amide bonds. The van der Waals surface area contributed by atoms with Crippen LogP contribution in [0, 0.1) is 0 Å². The third kappa shape index (κ3) is 2.08. The molecule has 1 aliphatic rings. The van der Waals surface area contributed by atoms with E-state index in [1.807, 2.05) is 6.07 Å². The molecule has 3 rings (SSSR count). The van der Waals surface area contributed by atoms with Crippen molar-refractivity contribution in [2.75, 3.05) is 31.1 Å². The zero-order valence-electron chi connectivity index (χ0n) is 10.8. The molecule has 1 aromatic heterocycles. The molecule has 96 valence electrons. The van der Waals surface area contributed by atoms with E-state index in [-0.39, 0.29) is 0 Å². The molecule has 0 aliphatic carbocycles. The van der Waals surface area contributed by atoms with Crippen LogP contribution < -0.4 is 10.2 Å². The summed E-state index contributed by atoms with van der Waals surface area (Å²) < 4.78 is 5.97. The van der Waals surface area contributed by atoms with Gasteiger partial charge in [-0.15, -0.1) is 0 Å². The normalized spacial score (nSPS) is 17.1. The van der Waals surface area contributed by atoms with Crippen LogP contribution in [0.25, 0.3) is 11.1 Å². The monoisotopic (exact) mass is 245 g/mol. The maximum atomic E-state index is 5.97. The molecular weight excluding hydrogens is 226 g/mol. The highest BCUT2D eigenvalue weighted by Gasteiger charge is 2.16. The quantitative estimate of drug-likeness (QED) is 0.880. The molecule has 0 atom stereocenters. The van der Waals surface area contributed by atoms with Crippen molar-refractivity contribution in [2.45, 2.75) is 19.8 Å². The van der Waals surface area contributed by atoms with Crippen LogP contribution >= 0.6 is 0 Å². The minimum absolute atomic E-state index is 0.773. The fourth-order valence-corrected chi connectivity index (χ4v) is 2.45. The van der Waals surface area contributed by atoms with Gasteiger partial charge in [-0.3, -0.25) is 0 Å². The molecule has 1 N–H and O–H groups in total. The van der Waals surface area contributed by atoms with Crippen molar-refractivity contribution in [1.82, 2.24) is 10.3 Å². The van der Waals surface area contributed by atoms with Crippen LogP contribution in [0.1, 0.15) is 18.9 Å².